The third-order valence-corrected chi connectivity index (χ3v) is 16.1. The molecule has 0 aliphatic carbocycles. The number of unbranched alkanes of at least 4 members (excludes halogenated alkanes) is 17. The molecule has 12 atom stereocenters. The minimum atomic E-state index is -4.48. The van der Waals surface area contributed by atoms with Crippen LogP contribution in [-0.4, -0.2) is 121 Å². The number of aliphatic hydroxyl groups is 4. The van der Waals surface area contributed by atoms with Gasteiger partial charge in [-0.1, -0.05) is 242 Å². The minimum Gasteiger partial charge on any atom is -0.726 e. The first-order valence-electron chi connectivity index (χ1n) is 31.7. The summed E-state index contributed by atoms with van der Waals surface area (Å²) in [6, 6.07) is 31.5. The zero-order valence-electron chi connectivity index (χ0n) is 54.3. The van der Waals surface area contributed by atoms with Gasteiger partial charge in [-0.15, -0.1) is 0 Å². The maximum Gasteiger partial charge on any atom is 1.00 e. The van der Waals surface area contributed by atoms with E-state index < -0.39 is 104 Å². The summed E-state index contributed by atoms with van der Waals surface area (Å²) in [5.74, 6) is -0.909. The molecule has 488 valence electrons. The molecule has 4 aliphatic rings. The van der Waals surface area contributed by atoms with E-state index in [1.165, 1.54) is 89.9 Å². The number of rotatable bonds is 30. The molecule has 0 saturated carbocycles. The molecule has 0 aromatic heterocycles. The van der Waals surface area contributed by atoms with Gasteiger partial charge in [-0.2, -0.15) is 0 Å². The molecule has 4 aromatic rings. The van der Waals surface area contributed by atoms with Gasteiger partial charge in [0, 0.05) is 28.2 Å². The van der Waals surface area contributed by atoms with E-state index in [1.807, 2.05) is 125 Å². The van der Waals surface area contributed by atoms with E-state index in [0.29, 0.717) is 19.6 Å². The molecule has 4 unspecified atom stereocenters. The number of hydrogen-bond acceptors (Lipinski definition) is 18. The smallest absolute Gasteiger partial charge is 0.726 e. The van der Waals surface area contributed by atoms with Crippen LogP contribution in [0.2, 0.25) is 0 Å². The maximum atomic E-state index is 10.4. The van der Waals surface area contributed by atoms with Gasteiger partial charge >= 0.3 is 59.1 Å². The van der Waals surface area contributed by atoms with Crippen molar-refractivity contribution >= 4 is 16.4 Å². The molecule has 0 bridgehead atoms. The van der Waals surface area contributed by atoms with Gasteiger partial charge in [0.15, 0.2) is 25.2 Å². The van der Waals surface area contributed by atoms with Crippen molar-refractivity contribution in [3.05, 3.63) is 142 Å². The molecule has 8 rings (SSSR count). The van der Waals surface area contributed by atoms with Crippen LogP contribution in [0.1, 0.15) is 212 Å². The summed E-state index contributed by atoms with van der Waals surface area (Å²) in [5, 5.41) is 49.9. The quantitative estimate of drug-likeness (QED) is 0.0228. The molecule has 4 fully saturated rings. The first-order valence-corrected chi connectivity index (χ1v) is 33.1. The number of aryl methyl sites for hydroxylation is 4. The number of hydrogen-bond donors (Lipinski definition) is 4. The standard InChI is InChI=1S/2C22H26O6.C12H26O4S.C12H24O2.2Na/c2*1-13-3-7-15(8-4-13)21-25-12-18-20(28-21)19(17(24)11-23)27-22(26-18)16-9-5-14(2)6-10-16;1-2-3-4-5-6-7-8-9-10-11-12-16-17(13,14)15;1-2-3-4-5-6-7-8-9-10-11-12(13)14;;/h2*3-10,17-24H,11-12H2,1-2H3;2-12H2,1H3,(H,13,14,15);2-11H2,1H3,(H,13,14);;/q;;;;2*+1/p-2/t2*17-,18+,19-,20-,21?,22?;;;;/m11..../s1. The van der Waals surface area contributed by atoms with Crippen molar-refractivity contribution in [3.8, 4) is 0 Å². The van der Waals surface area contributed by atoms with E-state index in [9.17, 15) is 43.3 Å². The SMILES string of the molecule is CCCCCCCCCCCC(=O)[O-].CCCCCCCCCCCCOS(=O)(=O)[O-].Cc1ccc(C2OC[C@@H]3OC(c4ccc(C)cc4)O[C@H]([C@H](O)CO)[C@@H]3O2)cc1.Cc1ccc(C2OC[C@@H]3OC(c4ccc(C)cc4)O[C@H]([C@H](O)CO)[C@@H]3O2)cc1.[Na+].[Na+]. The fourth-order valence-electron chi connectivity index (χ4n) is 10.4. The van der Waals surface area contributed by atoms with Crippen LogP contribution in [-0.2, 0) is 57.3 Å². The summed E-state index contributed by atoms with van der Waals surface area (Å²) in [6.07, 6.45) is 14.9. The van der Waals surface area contributed by atoms with Crippen LogP contribution >= 0.6 is 0 Å². The van der Waals surface area contributed by atoms with Gasteiger partial charge in [-0.05, 0) is 47.0 Å². The first kappa shape index (κ1) is 81.0. The summed E-state index contributed by atoms with van der Waals surface area (Å²) in [7, 11) is -4.48. The summed E-state index contributed by atoms with van der Waals surface area (Å²) in [6.45, 7) is 12.3. The van der Waals surface area contributed by atoms with E-state index >= 15 is 0 Å². The van der Waals surface area contributed by atoms with Gasteiger partial charge in [-0.3, -0.25) is 4.18 Å². The Bertz CT molecular complexity index is 2440. The zero-order chi connectivity index (χ0) is 63.0. The summed E-state index contributed by atoms with van der Waals surface area (Å²) < 4.78 is 82.7. The maximum absolute atomic E-state index is 10.4. The van der Waals surface area contributed by atoms with Gasteiger partial charge in [0.2, 0.25) is 10.4 Å². The number of ether oxygens (including phenoxy) is 8. The van der Waals surface area contributed by atoms with Crippen LogP contribution < -0.4 is 64.2 Å². The Labute approximate surface area is 574 Å². The molecule has 4 saturated heterocycles. The topological polar surface area (TPSA) is 261 Å². The van der Waals surface area contributed by atoms with Gasteiger partial charge in [-0.25, -0.2) is 8.42 Å². The van der Waals surface area contributed by atoms with E-state index in [2.05, 4.69) is 18.0 Å². The molecule has 4 aliphatic heterocycles. The Hall–Kier alpha value is -2.26. The Morgan fingerprint density at radius 3 is 1.06 bits per heavy atom. The predicted molar refractivity (Wildman–Crippen MR) is 327 cm³/mol. The fraction of sp³-hybridized carbons (Fsp3) is 0.632. The number of carbonyl (C=O) groups is 1. The second kappa shape index (κ2) is 45.2. The Kier molecular flexibility index (Phi) is 41.1. The molecular formula is C68H100Na2O18S. The van der Waals surface area contributed by atoms with Crippen molar-refractivity contribution in [2.75, 3.05) is 33.0 Å². The molecule has 4 heterocycles. The van der Waals surface area contributed by atoms with Crippen molar-refractivity contribution in [3.63, 3.8) is 0 Å². The number of fused-ring (bicyclic) bond motifs is 2. The number of carboxylic acid groups (broad SMARTS) is 1. The van der Waals surface area contributed by atoms with Crippen molar-refractivity contribution in [1.29, 1.82) is 0 Å². The third-order valence-electron chi connectivity index (χ3n) is 15.7. The number of aliphatic hydroxyl groups excluding tert-OH is 4. The monoisotopic (exact) mass is 1280 g/mol. The number of benzene rings is 4. The van der Waals surface area contributed by atoms with Gasteiger partial charge in [0.1, 0.15) is 48.8 Å². The van der Waals surface area contributed by atoms with E-state index in [-0.39, 0.29) is 72.1 Å². The van der Waals surface area contributed by atoms with Gasteiger partial charge in [0.25, 0.3) is 0 Å². The molecular weight excluding hydrogens is 1180 g/mol. The predicted octanol–water partition coefficient (Wildman–Crippen LogP) is 5.16. The molecule has 0 spiro atoms. The van der Waals surface area contributed by atoms with Crippen LogP contribution in [0.15, 0.2) is 97.1 Å². The fourth-order valence-corrected chi connectivity index (χ4v) is 10.8. The van der Waals surface area contributed by atoms with Gasteiger partial charge < -0.3 is 72.8 Å². The molecule has 4 aromatic carbocycles. The molecule has 0 amide bonds. The first-order chi connectivity index (χ1) is 41.9. The number of carbonyl (C=O) groups excluding carboxylic acids is 1. The molecule has 18 nitrogen and oxygen atoms in total. The van der Waals surface area contributed by atoms with E-state index in [4.69, 9.17) is 37.9 Å². The van der Waals surface area contributed by atoms with Gasteiger partial charge in [0.05, 0.1) is 33.0 Å². The van der Waals surface area contributed by atoms with Crippen molar-refractivity contribution < 1.29 is 144 Å². The molecule has 89 heavy (non-hydrogen) atoms. The van der Waals surface area contributed by atoms with Crippen molar-refractivity contribution in [1.82, 2.24) is 0 Å². The van der Waals surface area contributed by atoms with Crippen molar-refractivity contribution in [2.24, 2.45) is 0 Å². The van der Waals surface area contributed by atoms with Crippen LogP contribution in [0.5, 0.6) is 0 Å². The van der Waals surface area contributed by atoms with E-state index in [1.54, 1.807) is 0 Å². The second-order valence-electron chi connectivity index (χ2n) is 23.3. The zero-order valence-corrected chi connectivity index (χ0v) is 59.1. The summed E-state index contributed by atoms with van der Waals surface area (Å²) in [5.41, 5.74) is 8.04. The normalized spacial score (nSPS) is 23.5. The minimum absolute atomic E-state index is 0. The third kappa shape index (κ3) is 30.4. The summed E-state index contributed by atoms with van der Waals surface area (Å²) in [4.78, 5) is 10.1. The van der Waals surface area contributed by atoms with Crippen LogP contribution in [0.3, 0.4) is 0 Å². The van der Waals surface area contributed by atoms with E-state index in [0.717, 1.165) is 70.2 Å². The largest absolute Gasteiger partial charge is 1.00 e. The van der Waals surface area contributed by atoms with Crippen LogP contribution in [0.4, 0.5) is 0 Å². The molecule has 4 N–H and O–H groups in total. The number of carboxylic acids is 1. The Morgan fingerprint density at radius 2 is 0.764 bits per heavy atom. The average molecular weight is 1280 g/mol. The number of aliphatic carboxylic acids is 1. The second-order valence-corrected chi connectivity index (χ2v) is 24.3. The molecule has 21 heteroatoms. The summed E-state index contributed by atoms with van der Waals surface area (Å²) >= 11 is 0. The Morgan fingerprint density at radius 1 is 0.472 bits per heavy atom. The average Bonchev–Trinajstić information content (AvgIpc) is 3.66. The van der Waals surface area contributed by atoms with Crippen LogP contribution in [0, 0.1) is 27.7 Å². The van der Waals surface area contributed by atoms with Crippen LogP contribution in [0.25, 0.3) is 0 Å². The molecule has 0 radical (unpaired) electrons. The Balaban J connectivity index is 0.000000321. The van der Waals surface area contributed by atoms with Crippen molar-refractivity contribution in [2.45, 2.75) is 244 Å².